The highest BCUT2D eigenvalue weighted by Crippen LogP contribution is 2.29. The summed E-state index contributed by atoms with van der Waals surface area (Å²) in [4.78, 5) is 12.1. The molecule has 1 N–H and O–H groups in total. The molecule has 0 spiro atoms. The first-order valence-corrected chi connectivity index (χ1v) is 8.88. The van der Waals surface area contributed by atoms with Gasteiger partial charge in [0.25, 0.3) is 15.9 Å². The maximum absolute atomic E-state index is 12.1. The molecule has 118 valence electrons. The van der Waals surface area contributed by atoms with Crippen LogP contribution < -0.4 is 5.32 Å². The van der Waals surface area contributed by atoms with E-state index in [2.05, 4.69) is 10.4 Å². The molecule has 0 saturated carbocycles. The van der Waals surface area contributed by atoms with Crippen molar-refractivity contribution in [3.8, 4) is 0 Å². The van der Waals surface area contributed by atoms with Crippen LogP contribution in [-0.2, 0) is 10.0 Å². The summed E-state index contributed by atoms with van der Waals surface area (Å²) in [6.45, 7) is 0. The molecule has 2 rings (SSSR count). The molecule has 11 heteroatoms. The van der Waals surface area contributed by atoms with E-state index in [-0.39, 0.29) is 26.6 Å². The molecule has 1 aromatic heterocycles. The Labute approximate surface area is 146 Å². The molecular formula is C11H7Cl4N3O3S. The molecule has 0 bridgehead atoms. The minimum absolute atomic E-state index is 0.200. The lowest BCUT2D eigenvalue weighted by molar-refractivity contribution is 0.102. The number of nitrogens with one attached hydrogen (secondary N) is 1. The van der Waals surface area contributed by atoms with E-state index in [0.717, 1.165) is 6.26 Å². The zero-order valence-corrected chi connectivity index (χ0v) is 14.6. The number of amides is 1. The van der Waals surface area contributed by atoms with Crippen LogP contribution in [0.5, 0.6) is 0 Å². The Morgan fingerprint density at radius 3 is 2.36 bits per heavy atom. The van der Waals surface area contributed by atoms with Crippen LogP contribution in [0.3, 0.4) is 0 Å². The Morgan fingerprint density at radius 2 is 1.86 bits per heavy atom. The van der Waals surface area contributed by atoms with Crippen LogP contribution in [0, 0.1) is 0 Å². The lowest BCUT2D eigenvalue weighted by Gasteiger charge is -2.06. The minimum Gasteiger partial charge on any atom is -0.319 e. The van der Waals surface area contributed by atoms with Gasteiger partial charge in [0, 0.05) is 5.02 Å². The summed E-state index contributed by atoms with van der Waals surface area (Å²) in [5.74, 6) is -0.765. The molecule has 1 aromatic carbocycles. The van der Waals surface area contributed by atoms with Crippen LogP contribution in [0.25, 0.3) is 0 Å². The maximum Gasteiger partial charge on any atom is 0.277 e. The molecule has 2 aromatic rings. The Morgan fingerprint density at radius 1 is 1.23 bits per heavy atom. The lowest BCUT2D eigenvalue weighted by atomic mass is 10.3. The van der Waals surface area contributed by atoms with Gasteiger partial charge in [-0.1, -0.05) is 46.4 Å². The monoisotopic (exact) mass is 401 g/mol. The number of carbonyl (C=O) groups excluding carboxylic acids is 1. The minimum atomic E-state index is -3.79. The summed E-state index contributed by atoms with van der Waals surface area (Å²) >= 11 is 23.3. The van der Waals surface area contributed by atoms with E-state index in [4.69, 9.17) is 46.4 Å². The Hall–Kier alpha value is -0.990. The molecule has 1 amide bonds. The van der Waals surface area contributed by atoms with Gasteiger partial charge in [-0.3, -0.25) is 4.79 Å². The highest BCUT2D eigenvalue weighted by Gasteiger charge is 2.25. The summed E-state index contributed by atoms with van der Waals surface area (Å²) < 4.78 is 23.4. The molecule has 0 atom stereocenters. The first kappa shape index (κ1) is 17.4. The van der Waals surface area contributed by atoms with E-state index in [0.29, 0.717) is 9.11 Å². The second-order valence-corrected chi connectivity index (χ2v) is 7.53. The van der Waals surface area contributed by atoms with E-state index >= 15 is 0 Å². The molecule has 0 radical (unpaired) electrons. The summed E-state index contributed by atoms with van der Waals surface area (Å²) in [7, 11) is -3.79. The number of rotatable bonds is 3. The van der Waals surface area contributed by atoms with Gasteiger partial charge in [0.2, 0.25) is 0 Å². The highest BCUT2D eigenvalue weighted by molar-refractivity contribution is 7.89. The Bertz CT molecular complexity index is 864. The van der Waals surface area contributed by atoms with Crippen molar-refractivity contribution in [3.05, 3.63) is 44.1 Å². The molecule has 0 aliphatic heterocycles. The van der Waals surface area contributed by atoms with Crippen LogP contribution in [0.15, 0.2) is 18.2 Å². The number of hydrogen-bond acceptors (Lipinski definition) is 4. The van der Waals surface area contributed by atoms with Gasteiger partial charge in [-0.05, 0) is 18.2 Å². The van der Waals surface area contributed by atoms with Crippen molar-refractivity contribution in [2.45, 2.75) is 0 Å². The van der Waals surface area contributed by atoms with E-state index in [1.165, 1.54) is 18.2 Å². The lowest BCUT2D eigenvalue weighted by Crippen LogP contribution is -2.16. The fourth-order valence-electron chi connectivity index (χ4n) is 1.50. The van der Waals surface area contributed by atoms with Gasteiger partial charge >= 0.3 is 0 Å². The van der Waals surface area contributed by atoms with Crippen molar-refractivity contribution in [2.75, 3.05) is 11.6 Å². The van der Waals surface area contributed by atoms with Gasteiger partial charge in [0.05, 0.1) is 17.0 Å². The van der Waals surface area contributed by atoms with Crippen LogP contribution in [0.4, 0.5) is 5.69 Å². The summed E-state index contributed by atoms with van der Waals surface area (Å²) in [5, 5.41) is 5.98. The average Bonchev–Trinajstić information content (AvgIpc) is 2.69. The van der Waals surface area contributed by atoms with Gasteiger partial charge in [-0.15, -0.1) is 9.19 Å². The largest absolute Gasteiger partial charge is 0.319 e. The van der Waals surface area contributed by atoms with Crippen LogP contribution in [0.1, 0.15) is 10.5 Å². The standard InChI is InChI=1S/C11H7Cl4N3O3S/c1-22(20,21)18-10(15)8(14)9(17-18)11(19)16-7-3-2-5(12)4-6(7)13/h2-4H,1H3,(H,16,19). The third-order valence-electron chi connectivity index (χ3n) is 2.46. The number of aromatic nitrogens is 2. The highest BCUT2D eigenvalue weighted by atomic mass is 35.5. The van der Waals surface area contributed by atoms with E-state index < -0.39 is 15.9 Å². The van der Waals surface area contributed by atoms with Crippen LogP contribution in [0.2, 0.25) is 20.2 Å². The predicted molar refractivity (Wildman–Crippen MR) is 86.9 cm³/mol. The van der Waals surface area contributed by atoms with Crippen molar-refractivity contribution in [3.63, 3.8) is 0 Å². The van der Waals surface area contributed by atoms with Crippen molar-refractivity contribution in [1.29, 1.82) is 0 Å². The summed E-state index contributed by atoms with van der Waals surface area (Å²) in [6.07, 6.45) is 0.875. The molecule has 0 unspecified atom stereocenters. The fourth-order valence-corrected chi connectivity index (χ4v) is 3.32. The summed E-state index contributed by atoms with van der Waals surface area (Å²) in [5.41, 5.74) is -0.0831. The smallest absolute Gasteiger partial charge is 0.277 e. The Balaban J connectivity index is 2.38. The normalized spacial score (nSPS) is 11.5. The molecule has 0 saturated heterocycles. The number of halogens is 4. The first-order chi connectivity index (χ1) is 10.1. The fraction of sp³-hybridized carbons (Fsp3) is 0.0909. The SMILES string of the molecule is CS(=O)(=O)n1nc(C(=O)Nc2ccc(Cl)cc2Cl)c(Cl)c1Cl. The van der Waals surface area contributed by atoms with Gasteiger partial charge in [0.15, 0.2) is 10.8 Å². The second-order valence-electron chi connectivity index (χ2n) is 4.14. The van der Waals surface area contributed by atoms with Crippen molar-refractivity contribution < 1.29 is 13.2 Å². The number of benzene rings is 1. The Kier molecular flexibility index (Phi) is 4.93. The van der Waals surface area contributed by atoms with Crippen LogP contribution in [-0.4, -0.2) is 29.8 Å². The zero-order chi connectivity index (χ0) is 16.7. The molecule has 1 heterocycles. The molecule has 22 heavy (non-hydrogen) atoms. The van der Waals surface area contributed by atoms with E-state index in [9.17, 15) is 13.2 Å². The third kappa shape index (κ3) is 3.49. The van der Waals surface area contributed by atoms with E-state index in [1.54, 1.807) is 0 Å². The second kappa shape index (κ2) is 6.25. The zero-order valence-electron chi connectivity index (χ0n) is 10.8. The molecule has 0 fully saturated rings. The summed E-state index contributed by atoms with van der Waals surface area (Å²) in [6, 6.07) is 4.43. The number of hydrogen-bond donors (Lipinski definition) is 1. The molecule has 0 aliphatic carbocycles. The third-order valence-corrected chi connectivity index (χ3v) is 4.80. The van der Waals surface area contributed by atoms with Crippen molar-refractivity contribution >= 4 is 68.0 Å². The quantitative estimate of drug-likeness (QED) is 0.850. The van der Waals surface area contributed by atoms with Gasteiger partial charge in [-0.2, -0.15) is 0 Å². The molecular weight excluding hydrogens is 396 g/mol. The van der Waals surface area contributed by atoms with Gasteiger partial charge in [0.1, 0.15) is 5.02 Å². The number of carbonyl (C=O) groups is 1. The topological polar surface area (TPSA) is 81.1 Å². The van der Waals surface area contributed by atoms with E-state index in [1.807, 2.05) is 0 Å². The molecule has 0 aliphatic rings. The van der Waals surface area contributed by atoms with Gasteiger partial charge < -0.3 is 5.32 Å². The van der Waals surface area contributed by atoms with Crippen LogP contribution >= 0.6 is 46.4 Å². The first-order valence-electron chi connectivity index (χ1n) is 5.52. The van der Waals surface area contributed by atoms with Gasteiger partial charge in [-0.25, -0.2) is 8.42 Å². The predicted octanol–water partition coefficient (Wildman–Crippen LogP) is 3.56. The molecule has 6 nitrogen and oxygen atoms in total. The number of nitrogens with zero attached hydrogens (tertiary/aromatic N) is 2. The number of anilines is 1. The van der Waals surface area contributed by atoms with Crippen molar-refractivity contribution in [1.82, 2.24) is 9.19 Å². The van der Waals surface area contributed by atoms with Crippen molar-refractivity contribution in [2.24, 2.45) is 0 Å². The average molecular weight is 403 g/mol. The maximum atomic E-state index is 12.1.